The molecule has 1 atom stereocenters. The number of hydrogen-bond donors (Lipinski definition) is 1. The average Bonchev–Trinajstić information content (AvgIpc) is 2.89. The largest absolute Gasteiger partial charge is 0.462 e. The molecule has 6 heteroatoms. The molecule has 0 saturated carbocycles. The van der Waals surface area contributed by atoms with E-state index in [9.17, 15) is 4.79 Å². The molecule has 0 saturated heterocycles. The lowest BCUT2D eigenvalue weighted by molar-refractivity contribution is 0.0450. The van der Waals surface area contributed by atoms with Gasteiger partial charge in [-0.3, -0.25) is 0 Å². The Hall–Kier alpha value is -2.89. The molecule has 3 aromatic rings. The lowest BCUT2D eigenvalue weighted by atomic mass is 10.1. The van der Waals surface area contributed by atoms with Crippen LogP contribution in [0.1, 0.15) is 30.6 Å². The number of allylic oxidation sites excluding steroid dienone is 1. The van der Waals surface area contributed by atoms with Gasteiger partial charge in [0.2, 0.25) is 0 Å². The van der Waals surface area contributed by atoms with Crippen LogP contribution in [0, 0.1) is 5.92 Å². The summed E-state index contributed by atoms with van der Waals surface area (Å²) in [4.78, 5) is 21.9. The molecule has 0 spiro atoms. The summed E-state index contributed by atoms with van der Waals surface area (Å²) in [6.45, 7) is 8.63. The summed E-state index contributed by atoms with van der Waals surface area (Å²) in [6.07, 6.45) is 2.65. The maximum absolute atomic E-state index is 12.6. The van der Waals surface area contributed by atoms with Gasteiger partial charge in [0.15, 0.2) is 5.65 Å². The highest BCUT2D eigenvalue weighted by molar-refractivity contribution is 6.08. The number of nitrogens with zero attached hydrogens (tertiary/aromatic N) is 3. The summed E-state index contributed by atoms with van der Waals surface area (Å²) in [5.74, 6) is 0.133. The molecule has 3 rings (SSSR count). The van der Waals surface area contributed by atoms with Gasteiger partial charge in [0, 0.05) is 6.54 Å². The third-order valence-corrected chi connectivity index (χ3v) is 4.30. The predicted octanol–water partition coefficient (Wildman–Crippen LogP) is 3.56. The summed E-state index contributed by atoms with van der Waals surface area (Å²) >= 11 is 0. The standard InChI is InChI=1S/C19H22N4O2/c1-4-10-23-17(20)15(19(24)25-11-12(3)5-2)16-18(23)22-14-9-7-6-8-13(14)21-16/h4,6-9,12H,1,5,10-11,20H2,2-3H3/t12-/m0/s1. The zero-order valence-corrected chi connectivity index (χ0v) is 14.5. The fourth-order valence-electron chi connectivity index (χ4n) is 2.64. The molecule has 0 radical (unpaired) electrons. The topological polar surface area (TPSA) is 83.0 Å². The van der Waals surface area contributed by atoms with E-state index in [1.54, 1.807) is 10.6 Å². The van der Waals surface area contributed by atoms with Crippen LogP contribution in [0.2, 0.25) is 0 Å². The quantitative estimate of drug-likeness (QED) is 0.549. The van der Waals surface area contributed by atoms with E-state index in [1.807, 2.05) is 31.2 Å². The lowest BCUT2D eigenvalue weighted by Gasteiger charge is -2.09. The first-order valence-electron chi connectivity index (χ1n) is 8.39. The number of ether oxygens (including phenoxy) is 1. The second-order valence-electron chi connectivity index (χ2n) is 6.16. The number of nitrogen functional groups attached to an aromatic ring is 1. The first-order chi connectivity index (χ1) is 12.1. The van der Waals surface area contributed by atoms with E-state index in [0.29, 0.717) is 41.6 Å². The number of anilines is 1. The second kappa shape index (κ2) is 6.93. The average molecular weight is 338 g/mol. The van der Waals surface area contributed by atoms with Gasteiger partial charge in [-0.15, -0.1) is 6.58 Å². The van der Waals surface area contributed by atoms with Crippen LogP contribution < -0.4 is 5.73 Å². The summed E-state index contributed by atoms with van der Waals surface area (Å²) in [7, 11) is 0. The van der Waals surface area contributed by atoms with E-state index in [1.165, 1.54) is 0 Å². The van der Waals surface area contributed by atoms with Crippen molar-refractivity contribution in [2.24, 2.45) is 5.92 Å². The Labute approximate surface area is 146 Å². The summed E-state index contributed by atoms with van der Waals surface area (Å²) in [6, 6.07) is 7.52. The van der Waals surface area contributed by atoms with Crippen molar-refractivity contribution < 1.29 is 9.53 Å². The lowest BCUT2D eigenvalue weighted by Crippen LogP contribution is -2.13. The Kier molecular flexibility index (Phi) is 4.70. The number of carbonyl (C=O) groups excluding carboxylic acids is 1. The fourth-order valence-corrected chi connectivity index (χ4v) is 2.64. The number of benzene rings is 1. The maximum atomic E-state index is 12.6. The smallest absolute Gasteiger partial charge is 0.344 e. The van der Waals surface area contributed by atoms with Crippen molar-refractivity contribution >= 4 is 34.0 Å². The van der Waals surface area contributed by atoms with E-state index in [2.05, 4.69) is 23.5 Å². The third-order valence-electron chi connectivity index (χ3n) is 4.30. The van der Waals surface area contributed by atoms with Crippen molar-refractivity contribution in [3.63, 3.8) is 0 Å². The van der Waals surface area contributed by atoms with E-state index in [4.69, 9.17) is 10.5 Å². The minimum absolute atomic E-state index is 0.276. The summed E-state index contributed by atoms with van der Waals surface area (Å²) in [5.41, 5.74) is 9.00. The highest BCUT2D eigenvalue weighted by Crippen LogP contribution is 2.28. The van der Waals surface area contributed by atoms with Crippen molar-refractivity contribution in [1.82, 2.24) is 14.5 Å². The van der Waals surface area contributed by atoms with Crippen molar-refractivity contribution in [1.29, 1.82) is 0 Å². The molecule has 0 amide bonds. The molecule has 0 bridgehead atoms. The summed E-state index contributed by atoms with van der Waals surface area (Å²) < 4.78 is 7.19. The molecule has 2 heterocycles. The third kappa shape index (κ3) is 3.07. The van der Waals surface area contributed by atoms with Gasteiger partial charge in [0.25, 0.3) is 0 Å². The molecule has 130 valence electrons. The van der Waals surface area contributed by atoms with Gasteiger partial charge in [0.05, 0.1) is 17.6 Å². The van der Waals surface area contributed by atoms with Crippen LogP contribution in [-0.2, 0) is 11.3 Å². The molecule has 0 aliphatic carbocycles. The molecule has 2 N–H and O–H groups in total. The molecule has 25 heavy (non-hydrogen) atoms. The van der Waals surface area contributed by atoms with E-state index in [-0.39, 0.29) is 5.56 Å². The molecule has 0 fully saturated rings. The zero-order valence-electron chi connectivity index (χ0n) is 14.5. The van der Waals surface area contributed by atoms with Gasteiger partial charge in [-0.05, 0) is 18.1 Å². The van der Waals surface area contributed by atoms with Gasteiger partial charge in [-0.1, -0.05) is 38.5 Å². The van der Waals surface area contributed by atoms with Gasteiger partial charge in [-0.2, -0.15) is 0 Å². The van der Waals surface area contributed by atoms with Crippen molar-refractivity contribution in [3.05, 3.63) is 42.5 Å². The van der Waals surface area contributed by atoms with Gasteiger partial charge >= 0.3 is 5.97 Å². The monoisotopic (exact) mass is 338 g/mol. The van der Waals surface area contributed by atoms with Crippen LogP contribution in [0.15, 0.2) is 36.9 Å². The maximum Gasteiger partial charge on any atom is 0.344 e. The Morgan fingerprint density at radius 1 is 1.36 bits per heavy atom. The number of rotatable bonds is 6. The Morgan fingerprint density at radius 2 is 2.04 bits per heavy atom. The van der Waals surface area contributed by atoms with E-state index in [0.717, 1.165) is 11.9 Å². The number of nitrogens with two attached hydrogens (primary N) is 1. The number of esters is 1. The highest BCUT2D eigenvalue weighted by atomic mass is 16.5. The molecule has 1 aromatic carbocycles. The SMILES string of the molecule is C=CCn1c(N)c(C(=O)OC[C@@H](C)CC)c2nc3ccccc3nc21. The van der Waals surface area contributed by atoms with Gasteiger partial charge in [0.1, 0.15) is 16.9 Å². The minimum Gasteiger partial charge on any atom is -0.462 e. The molecule has 0 aliphatic heterocycles. The Bertz CT molecular complexity index is 945. The van der Waals surface area contributed by atoms with Crippen LogP contribution in [-0.4, -0.2) is 27.1 Å². The highest BCUT2D eigenvalue weighted by Gasteiger charge is 2.25. The molecular weight excluding hydrogens is 316 g/mol. The normalized spacial score (nSPS) is 12.4. The van der Waals surface area contributed by atoms with Gasteiger partial charge in [-0.25, -0.2) is 14.8 Å². The molecule has 6 nitrogen and oxygen atoms in total. The van der Waals surface area contributed by atoms with Crippen LogP contribution in [0.25, 0.3) is 22.2 Å². The molecule has 0 unspecified atom stereocenters. The van der Waals surface area contributed by atoms with Crippen LogP contribution in [0.4, 0.5) is 5.82 Å². The van der Waals surface area contributed by atoms with Crippen LogP contribution in [0.3, 0.4) is 0 Å². The van der Waals surface area contributed by atoms with Crippen molar-refractivity contribution in [2.75, 3.05) is 12.3 Å². The number of aromatic nitrogens is 3. The second-order valence-corrected chi connectivity index (χ2v) is 6.16. The fraction of sp³-hybridized carbons (Fsp3) is 0.316. The number of carbonyl (C=O) groups is 1. The first-order valence-corrected chi connectivity index (χ1v) is 8.39. The number of para-hydroxylation sites is 2. The number of fused-ring (bicyclic) bond motifs is 2. The van der Waals surface area contributed by atoms with Crippen molar-refractivity contribution in [3.8, 4) is 0 Å². The zero-order chi connectivity index (χ0) is 18.0. The van der Waals surface area contributed by atoms with Crippen LogP contribution >= 0.6 is 0 Å². The predicted molar refractivity (Wildman–Crippen MR) is 99.4 cm³/mol. The van der Waals surface area contributed by atoms with Crippen molar-refractivity contribution in [2.45, 2.75) is 26.8 Å². The minimum atomic E-state index is -0.463. The first kappa shape index (κ1) is 17.0. The Morgan fingerprint density at radius 3 is 2.68 bits per heavy atom. The van der Waals surface area contributed by atoms with Gasteiger partial charge < -0.3 is 15.0 Å². The van der Waals surface area contributed by atoms with E-state index < -0.39 is 5.97 Å². The Balaban J connectivity index is 2.16. The molecule has 0 aliphatic rings. The molecule has 2 aromatic heterocycles. The summed E-state index contributed by atoms with van der Waals surface area (Å²) in [5, 5.41) is 0. The van der Waals surface area contributed by atoms with E-state index >= 15 is 0 Å². The van der Waals surface area contributed by atoms with Crippen LogP contribution in [0.5, 0.6) is 0 Å². The number of hydrogen-bond acceptors (Lipinski definition) is 5. The molecular formula is C19H22N4O2.